The maximum Gasteiger partial charge on any atom is 0.266 e. The molecule has 4 nitrogen and oxygen atoms in total. The van der Waals surface area contributed by atoms with Crippen LogP contribution in [0.2, 0.25) is 0 Å². The molecule has 0 saturated carbocycles. The molecule has 0 saturated heterocycles. The van der Waals surface area contributed by atoms with Crippen molar-refractivity contribution in [3.05, 3.63) is 46.3 Å². The van der Waals surface area contributed by atoms with Crippen LogP contribution in [-0.4, -0.2) is 12.0 Å². The summed E-state index contributed by atoms with van der Waals surface area (Å²) in [5.41, 5.74) is 2.06. The predicted octanol–water partition coefficient (Wildman–Crippen LogP) is 5.96. The van der Waals surface area contributed by atoms with E-state index < -0.39 is 6.10 Å². The molecule has 5 heteroatoms. The standard InChI is InChI=1S/C24H30N2O2S/c1-5-20(28-17-10-8-7-9-11-17)22(27)26-23-19(15-25)18-13-12-16(14-21(18)29-23)24(3,4)6-2/h7-11,16,20H,5-6,12-14H2,1-4H3,(H,26,27)/t16-,20+/m1/s1. The van der Waals surface area contributed by atoms with E-state index in [9.17, 15) is 10.1 Å². The molecule has 1 aromatic carbocycles. The van der Waals surface area contributed by atoms with Gasteiger partial charge in [-0.25, -0.2) is 0 Å². The highest BCUT2D eigenvalue weighted by molar-refractivity contribution is 7.16. The molecule has 1 aromatic heterocycles. The van der Waals surface area contributed by atoms with Crippen LogP contribution in [0, 0.1) is 22.7 Å². The second-order valence-electron chi connectivity index (χ2n) is 8.42. The van der Waals surface area contributed by atoms with E-state index in [1.54, 1.807) is 11.3 Å². The van der Waals surface area contributed by atoms with E-state index >= 15 is 0 Å². The zero-order valence-electron chi connectivity index (χ0n) is 17.7. The zero-order chi connectivity index (χ0) is 21.0. The lowest BCUT2D eigenvalue weighted by atomic mass is 9.69. The molecular weight excluding hydrogens is 380 g/mol. The number of thiophene rings is 1. The summed E-state index contributed by atoms with van der Waals surface area (Å²) in [5.74, 6) is 1.08. The van der Waals surface area contributed by atoms with Crippen molar-refractivity contribution >= 4 is 22.2 Å². The summed E-state index contributed by atoms with van der Waals surface area (Å²) in [5, 5.41) is 13.4. The molecule has 0 radical (unpaired) electrons. The Morgan fingerprint density at radius 1 is 1.34 bits per heavy atom. The highest BCUT2D eigenvalue weighted by atomic mass is 32.1. The van der Waals surface area contributed by atoms with E-state index in [1.807, 2.05) is 37.3 Å². The summed E-state index contributed by atoms with van der Waals surface area (Å²) in [7, 11) is 0. The zero-order valence-corrected chi connectivity index (χ0v) is 18.6. The van der Waals surface area contributed by atoms with E-state index in [2.05, 4.69) is 32.2 Å². The Morgan fingerprint density at radius 2 is 2.07 bits per heavy atom. The molecule has 0 fully saturated rings. The molecule has 0 unspecified atom stereocenters. The minimum atomic E-state index is -0.588. The number of hydrogen-bond acceptors (Lipinski definition) is 4. The fourth-order valence-corrected chi connectivity index (χ4v) is 5.21. The third kappa shape index (κ3) is 4.64. The number of ether oxygens (including phenoxy) is 1. The van der Waals surface area contributed by atoms with Crippen LogP contribution in [-0.2, 0) is 17.6 Å². The van der Waals surface area contributed by atoms with Gasteiger partial charge in [-0.05, 0) is 54.7 Å². The fraction of sp³-hybridized carbons (Fsp3) is 0.500. The van der Waals surface area contributed by atoms with Gasteiger partial charge >= 0.3 is 0 Å². The fourth-order valence-electron chi connectivity index (χ4n) is 3.93. The molecular formula is C24H30N2O2S. The van der Waals surface area contributed by atoms with Crippen LogP contribution in [0.4, 0.5) is 5.00 Å². The van der Waals surface area contributed by atoms with Crippen LogP contribution < -0.4 is 10.1 Å². The third-order valence-electron chi connectivity index (χ3n) is 6.31. The van der Waals surface area contributed by atoms with Crippen LogP contribution >= 0.6 is 11.3 Å². The lowest BCUT2D eigenvalue weighted by Gasteiger charge is -2.36. The summed E-state index contributed by atoms with van der Waals surface area (Å²) in [4.78, 5) is 14.1. The topological polar surface area (TPSA) is 62.1 Å². The molecule has 1 aliphatic carbocycles. The smallest absolute Gasteiger partial charge is 0.266 e. The van der Waals surface area contributed by atoms with E-state index in [0.29, 0.717) is 28.7 Å². The van der Waals surface area contributed by atoms with Crippen molar-refractivity contribution in [2.45, 2.75) is 65.9 Å². The lowest BCUT2D eigenvalue weighted by Crippen LogP contribution is -2.32. The number of fused-ring (bicyclic) bond motifs is 1. The summed E-state index contributed by atoms with van der Waals surface area (Å²) in [6, 6.07) is 11.7. The Kier molecular flexibility index (Phi) is 6.64. The second-order valence-corrected chi connectivity index (χ2v) is 9.52. The van der Waals surface area contributed by atoms with E-state index in [-0.39, 0.29) is 11.3 Å². The number of nitrogens with one attached hydrogen (secondary N) is 1. The summed E-state index contributed by atoms with van der Waals surface area (Å²) in [6.07, 6.45) is 4.11. The highest BCUT2D eigenvalue weighted by Crippen LogP contribution is 2.45. The number of rotatable bonds is 7. The molecule has 154 valence electrons. The normalized spacial score (nSPS) is 17.1. The van der Waals surface area contributed by atoms with Crippen LogP contribution in [0.15, 0.2) is 30.3 Å². The molecule has 1 aliphatic rings. The first-order chi connectivity index (χ1) is 13.9. The molecule has 1 heterocycles. The minimum Gasteiger partial charge on any atom is -0.481 e. The van der Waals surface area contributed by atoms with Gasteiger partial charge in [0.15, 0.2) is 6.10 Å². The Hall–Kier alpha value is -2.32. The first-order valence-corrected chi connectivity index (χ1v) is 11.3. The van der Waals surface area contributed by atoms with Gasteiger partial charge in [0.05, 0.1) is 5.56 Å². The largest absolute Gasteiger partial charge is 0.481 e. The number of nitriles is 1. The van der Waals surface area contributed by atoms with Crippen LogP contribution in [0.25, 0.3) is 0 Å². The molecule has 2 atom stereocenters. The van der Waals surface area contributed by atoms with Gasteiger partial charge in [0, 0.05) is 4.88 Å². The van der Waals surface area contributed by atoms with E-state index in [1.165, 1.54) is 4.88 Å². The lowest BCUT2D eigenvalue weighted by molar-refractivity contribution is -0.122. The van der Waals surface area contributed by atoms with Crippen molar-refractivity contribution in [2.24, 2.45) is 11.3 Å². The molecule has 0 aliphatic heterocycles. The monoisotopic (exact) mass is 410 g/mol. The number of carbonyl (C=O) groups is 1. The third-order valence-corrected chi connectivity index (χ3v) is 7.48. The molecule has 1 N–H and O–H groups in total. The van der Waals surface area contributed by atoms with Gasteiger partial charge in [-0.1, -0.05) is 52.3 Å². The molecule has 3 rings (SSSR count). The number of anilines is 1. The number of para-hydroxylation sites is 1. The van der Waals surface area contributed by atoms with Crippen molar-refractivity contribution in [1.29, 1.82) is 5.26 Å². The van der Waals surface area contributed by atoms with Gasteiger partial charge in [-0.15, -0.1) is 11.3 Å². The molecule has 29 heavy (non-hydrogen) atoms. The Morgan fingerprint density at radius 3 is 2.69 bits per heavy atom. The van der Waals surface area contributed by atoms with Gasteiger partial charge in [-0.3, -0.25) is 4.79 Å². The number of amides is 1. The van der Waals surface area contributed by atoms with Crippen LogP contribution in [0.5, 0.6) is 5.75 Å². The van der Waals surface area contributed by atoms with E-state index in [0.717, 1.165) is 31.2 Å². The van der Waals surface area contributed by atoms with Gasteiger partial charge in [0.1, 0.15) is 16.8 Å². The van der Waals surface area contributed by atoms with Crippen molar-refractivity contribution < 1.29 is 9.53 Å². The van der Waals surface area contributed by atoms with Gasteiger partial charge < -0.3 is 10.1 Å². The number of hydrogen-bond donors (Lipinski definition) is 1. The predicted molar refractivity (Wildman–Crippen MR) is 118 cm³/mol. The van der Waals surface area contributed by atoms with Gasteiger partial charge in [0.2, 0.25) is 0 Å². The van der Waals surface area contributed by atoms with Gasteiger partial charge in [0.25, 0.3) is 5.91 Å². The minimum absolute atomic E-state index is 0.197. The average molecular weight is 411 g/mol. The molecule has 0 bridgehead atoms. The molecule has 1 amide bonds. The maximum absolute atomic E-state index is 12.9. The van der Waals surface area contributed by atoms with Crippen molar-refractivity contribution in [3.63, 3.8) is 0 Å². The molecule has 0 spiro atoms. The van der Waals surface area contributed by atoms with Crippen molar-refractivity contribution in [3.8, 4) is 11.8 Å². The first kappa shape index (κ1) is 21.4. The number of nitrogens with zero attached hydrogens (tertiary/aromatic N) is 1. The van der Waals surface area contributed by atoms with E-state index in [4.69, 9.17) is 4.74 Å². The van der Waals surface area contributed by atoms with Crippen LogP contribution in [0.1, 0.15) is 63.0 Å². The summed E-state index contributed by atoms with van der Waals surface area (Å²) >= 11 is 1.57. The average Bonchev–Trinajstić information content (AvgIpc) is 3.08. The number of benzene rings is 1. The highest BCUT2D eigenvalue weighted by Gasteiger charge is 2.34. The quantitative estimate of drug-likeness (QED) is 0.613. The SMILES string of the molecule is CC[C@H](Oc1ccccc1)C(=O)Nc1sc2c(c1C#N)CC[C@@H](C(C)(C)CC)C2. The van der Waals surface area contributed by atoms with Crippen molar-refractivity contribution in [1.82, 2.24) is 0 Å². The van der Waals surface area contributed by atoms with Crippen molar-refractivity contribution in [2.75, 3.05) is 5.32 Å². The summed E-state index contributed by atoms with van der Waals surface area (Å²) in [6.45, 7) is 8.83. The Bertz CT molecular complexity index is 896. The Labute approximate surface area is 177 Å². The summed E-state index contributed by atoms with van der Waals surface area (Å²) < 4.78 is 5.86. The molecule has 2 aromatic rings. The van der Waals surface area contributed by atoms with Gasteiger partial charge in [-0.2, -0.15) is 5.26 Å². The Balaban J connectivity index is 1.78. The first-order valence-electron chi connectivity index (χ1n) is 10.5. The second kappa shape index (κ2) is 9.00. The maximum atomic E-state index is 12.9. The van der Waals surface area contributed by atoms with Crippen LogP contribution in [0.3, 0.4) is 0 Å². The number of carbonyl (C=O) groups excluding carboxylic acids is 1.